The van der Waals surface area contributed by atoms with Crippen molar-refractivity contribution in [2.75, 3.05) is 25.0 Å². The number of hydrogen-bond acceptors (Lipinski definition) is 4. The molecule has 3 N–H and O–H groups in total. The Labute approximate surface area is 95.7 Å². The molecule has 0 aliphatic carbocycles. The number of anilines is 1. The number of carbonyl (C=O) groups excluding carboxylic acids is 1. The Kier molecular flexibility index (Phi) is 4.72. The van der Waals surface area contributed by atoms with Gasteiger partial charge in [-0.25, -0.2) is 4.98 Å². The van der Waals surface area contributed by atoms with Gasteiger partial charge in [-0.2, -0.15) is 0 Å². The maximum Gasteiger partial charge on any atom is 0.239 e. The van der Waals surface area contributed by atoms with Crippen molar-refractivity contribution in [2.45, 2.75) is 13.5 Å². The number of amides is 1. The molecule has 0 aliphatic heterocycles. The maximum atomic E-state index is 11.4. The molecule has 0 saturated carbocycles. The van der Waals surface area contributed by atoms with Gasteiger partial charge in [0.15, 0.2) is 0 Å². The van der Waals surface area contributed by atoms with Crippen LogP contribution < -0.4 is 16.0 Å². The minimum absolute atomic E-state index is 0.0152. The first-order valence-corrected chi connectivity index (χ1v) is 5.30. The molecule has 1 heterocycles. The lowest BCUT2D eigenvalue weighted by molar-refractivity contribution is -0.119. The normalized spacial score (nSPS) is 9.94. The van der Waals surface area contributed by atoms with Gasteiger partial charge in [0.25, 0.3) is 0 Å². The van der Waals surface area contributed by atoms with Crippen LogP contribution in [0.2, 0.25) is 0 Å². The first-order valence-electron chi connectivity index (χ1n) is 5.30. The highest BCUT2D eigenvalue weighted by Crippen LogP contribution is 2.14. The van der Waals surface area contributed by atoms with Gasteiger partial charge in [0.1, 0.15) is 5.82 Å². The predicted molar refractivity (Wildman–Crippen MR) is 64.1 cm³/mol. The Morgan fingerprint density at radius 2 is 2.38 bits per heavy atom. The smallest absolute Gasteiger partial charge is 0.239 e. The van der Waals surface area contributed by atoms with Gasteiger partial charge in [-0.15, -0.1) is 0 Å². The molecule has 5 nitrogen and oxygen atoms in total. The minimum atomic E-state index is -0.0152. The van der Waals surface area contributed by atoms with E-state index >= 15 is 0 Å². The zero-order valence-electron chi connectivity index (χ0n) is 9.73. The van der Waals surface area contributed by atoms with Gasteiger partial charge >= 0.3 is 0 Å². The summed E-state index contributed by atoms with van der Waals surface area (Å²) in [5, 5.41) is 2.74. The number of hydrogen-bond donors (Lipinski definition) is 2. The third-order valence-electron chi connectivity index (χ3n) is 2.20. The highest BCUT2D eigenvalue weighted by atomic mass is 16.2. The lowest BCUT2D eigenvalue weighted by Gasteiger charge is -2.19. The summed E-state index contributed by atoms with van der Waals surface area (Å²) in [6, 6.07) is 3.75. The third-order valence-corrected chi connectivity index (χ3v) is 2.20. The molecule has 0 spiro atoms. The van der Waals surface area contributed by atoms with Crippen molar-refractivity contribution in [3.8, 4) is 0 Å². The molecule has 0 aromatic carbocycles. The van der Waals surface area contributed by atoms with E-state index in [1.165, 1.54) is 0 Å². The molecule has 0 fully saturated rings. The number of nitrogens with zero attached hydrogens (tertiary/aromatic N) is 2. The molecule has 16 heavy (non-hydrogen) atoms. The standard InChI is InChI=1S/C11H18N4O/c1-3-13-10(16)8-15(2)11-9(7-12)5-4-6-14-11/h4-6H,3,7-8,12H2,1-2H3,(H,13,16). The van der Waals surface area contributed by atoms with E-state index < -0.39 is 0 Å². The van der Waals surface area contributed by atoms with Crippen LogP contribution in [0.25, 0.3) is 0 Å². The molecule has 0 aliphatic rings. The fourth-order valence-electron chi connectivity index (χ4n) is 1.48. The summed E-state index contributed by atoms with van der Waals surface area (Å²) in [4.78, 5) is 17.4. The van der Waals surface area contributed by atoms with Crippen molar-refractivity contribution >= 4 is 11.7 Å². The Morgan fingerprint density at radius 3 is 3.00 bits per heavy atom. The minimum Gasteiger partial charge on any atom is -0.355 e. The predicted octanol–water partition coefficient (Wildman–Crippen LogP) is 0.113. The Balaban J connectivity index is 2.72. The number of likely N-dealkylation sites (N-methyl/N-ethyl adjacent to an activating group) is 2. The van der Waals surface area contributed by atoms with E-state index in [1.807, 2.05) is 26.1 Å². The molecule has 1 amide bonds. The van der Waals surface area contributed by atoms with E-state index in [1.54, 1.807) is 11.1 Å². The van der Waals surface area contributed by atoms with Crippen LogP contribution in [0, 0.1) is 0 Å². The molecular weight excluding hydrogens is 204 g/mol. The summed E-state index contributed by atoms with van der Waals surface area (Å²) < 4.78 is 0. The summed E-state index contributed by atoms with van der Waals surface area (Å²) in [7, 11) is 1.83. The topological polar surface area (TPSA) is 71.2 Å². The fraction of sp³-hybridized carbons (Fsp3) is 0.455. The summed E-state index contributed by atoms with van der Waals surface area (Å²) in [5.74, 6) is 0.745. The quantitative estimate of drug-likeness (QED) is 0.742. The average molecular weight is 222 g/mol. The highest BCUT2D eigenvalue weighted by Gasteiger charge is 2.10. The zero-order chi connectivity index (χ0) is 12.0. The lowest BCUT2D eigenvalue weighted by Crippen LogP contribution is -2.35. The molecular formula is C11H18N4O. The first-order chi connectivity index (χ1) is 7.69. The Morgan fingerprint density at radius 1 is 1.62 bits per heavy atom. The van der Waals surface area contributed by atoms with Gasteiger partial charge < -0.3 is 16.0 Å². The van der Waals surface area contributed by atoms with Crippen LogP contribution in [0.5, 0.6) is 0 Å². The SMILES string of the molecule is CCNC(=O)CN(C)c1ncccc1CN. The summed E-state index contributed by atoms with van der Waals surface area (Å²) >= 11 is 0. The van der Waals surface area contributed by atoms with Crippen molar-refractivity contribution in [3.63, 3.8) is 0 Å². The number of aromatic nitrogens is 1. The van der Waals surface area contributed by atoms with Crippen LogP contribution in [0.4, 0.5) is 5.82 Å². The highest BCUT2D eigenvalue weighted by molar-refractivity contribution is 5.81. The van der Waals surface area contributed by atoms with E-state index in [4.69, 9.17) is 5.73 Å². The van der Waals surface area contributed by atoms with Crippen molar-refractivity contribution in [2.24, 2.45) is 5.73 Å². The summed E-state index contributed by atoms with van der Waals surface area (Å²) in [6.07, 6.45) is 1.70. The van der Waals surface area contributed by atoms with E-state index in [0.717, 1.165) is 11.4 Å². The molecule has 88 valence electrons. The van der Waals surface area contributed by atoms with Crippen LogP contribution in [0.1, 0.15) is 12.5 Å². The molecule has 0 radical (unpaired) electrons. The van der Waals surface area contributed by atoms with Gasteiger partial charge in [0, 0.05) is 31.9 Å². The molecule has 0 atom stereocenters. The van der Waals surface area contributed by atoms with Crippen LogP contribution in [0.3, 0.4) is 0 Å². The summed E-state index contributed by atoms with van der Waals surface area (Å²) in [5.41, 5.74) is 6.55. The largest absolute Gasteiger partial charge is 0.355 e. The van der Waals surface area contributed by atoms with Gasteiger partial charge in [-0.3, -0.25) is 4.79 Å². The average Bonchev–Trinajstić information content (AvgIpc) is 2.29. The van der Waals surface area contributed by atoms with E-state index in [2.05, 4.69) is 10.3 Å². The van der Waals surface area contributed by atoms with E-state index in [9.17, 15) is 4.79 Å². The van der Waals surface area contributed by atoms with Crippen LogP contribution in [-0.4, -0.2) is 31.0 Å². The third kappa shape index (κ3) is 3.20. The number of rotatable bonds is 5. The Bertz CT molecular complexity index is 354. The molecule has 0 bridgehead atoms. The van der Waals surface area contributed by atoms with Gasteiger partial charge in [-0.1, -0.05) is 6.07 Å². The van der Waals surface area contributed by atoms with Crippen LogP contribution in [0.15, 0.2) is 18.3 Å². The Hall–Kier alpha value is -1.62. The molecule has 1 rings (SSSR count). The molecule has 0 unspecified atom stereocenters. The number of nitrogens with two attached hydrogens (primary N) is 1. The summed E-state index contributed by atoms with van der Waals surface area (Å²) in [6.45, 7) is 3.24. The van der Waals surface area contributed by atoms with Crippen LogP contribution >= 0.6 is 0 Å². The second kappa shape index (κ2) is 6.07. The maximum absolute atomic E-state index is 11.4. The number of carbonyl (C=O) groups is 1. The van der Waals surface area contributed by atoms with Crippen LogP contribution in [-0.2, 0) is 11.3 Å². The zero-order valence-corrected chi connectivity index (χ0v) is 9.73. The van der Waals surface area contributed by atoms with E-state index in [-0.39, 0.29) is 12.5 Å². The van der Waals surface area contributed by atoms with E-state index in [0.29, 0.717) is 13.1 Å². The number of pyridine rings is 1. The van der Waals surface area contributed by atoms with Crippen molar-refractivity contribution in [1.82, 2.24) is 10.3 Å². The van der Waals surface area contributed by atoms with Crippen molar-refractivity contribution in [3.05, 3.63) is 23.9 Å². The second-order valence-electron chi connectivity index (χ2n) is 3.50. The van der Waals surface area contributed by atoms with Gasteiger partial charge in [-0.05, 0) is 13.0 Å². The van der Waals surface area contributed by atoms with Crippen molar-refractivity contribution < 1.29 is 4.79 Å². The van der Waals surface area contributed by atoms with Gasteiger partial charge in [0.2, 0.25) is 5.91 Å². The molecule has 1 aromatic rings. The van der Waals surface area contributed by atoms with Gasteiger partial charge in [0.05, 0.1) is 6.54 Å². The lowest BCUT2D eigenvalue weighted by atomic mass is 10.2. The molecule has 0 saturated heterocycles. The second-order valence-corrected chi connectivity index (χ2v) is 3.50. The fourth-order valence-corrected chi connectivity index (χ4v) is 1.48. The molecule has 1 aromatic heterocycles. The van der Waals surface area contributed by atoms with Crippen molar-refractivity contribution in [1.29, 1.82) is 0 Å². The molecule has 5 heteroatoms. The number of nitrogens with one attached hydrogen (secondary N) is 1. The monoisotopic (exact) mass is 222 g/mol. The first kappa shape index (κ1) is 12.4.